The molecule has 0 radical (unpaired) electrons. The van der Waals surface area contributed by atoms with Crippen LogP contribution in [0.1, 0.15) is 97.3 Å². The van der Waals surface area contributed by atoms with Gasteiger partial charge in [0, 0.05) is 23.7 Å². The predicted molar refractivity (Wildman–Crippen MR) is 190 cm³/mol. The van der Waals surface area contributed by atoms with Gasteiger partial charge >= 0.3 is 0 Å². The number of aliphatic hydroxyl groups excluding tert-OH is 5. The second-order valence-corrected chi connectivity index (χ2v) is 19.1. The number of Topliss-reactive ketones (excluding diaryl/α,β-unsaturated/α-hetero) is 2. The summed E-state index contributed by atoms with van der Waals surface area (Å²) in [6.45, 7) is 1.68. The summed E-state index contributed by atoms with van der Waals surface area (Å²) >= 11 is 0. The molecule has 1 unspecified atom stereocenters. The summed E-state index contributed by atoms with van der Waals surface area (Å²) in [4.78, 5) is 66.8. The zero-order valence-electron chi connectivity index (χ0n) is 31.3. The van der Waals surface area contributed by atoms with Crippen molar-refractivity contribution in [3.05, 3.63) is 23.3 Å². The summed E-state index contributed by atoms with van der Waals surface area (Å²) < 4.78 is 0. The fraction of sp³-hybridized carbons (Fsp3) is 0.786. The van der Waals surface area contributed by atoms with E-state index < -0.39 is 111 Å². The highest BCUT2D eigenvalue weighted by molar-refractivity contribution is 5.94. The summed E-state index contributed by atoms with van der Waals surface area (Å²) in [6.07, 6.45) is 4.32. The first-order valence-electron chi connectivity index (χ1n) is 20.1. The van der Waals surface area contributed by atoms with Crippen LogP contribution in [0, 0.1) is 62.6 Å². The lowest BCUT2D eigenvalue weighted by Crippen LogP contribution is -2.74. The Morgan fingerprint density at radius 2 is 1.41 bits per heavy atom. The van der Waals surface area contributed by atoms with Crippen LogP contribution < -0.4 is 0 Å². The van der Waals surface area contributed by atoms with Gasteiger partial charge in [0.1, 0.15) is 30.7 Å². The van der Waals surface area contributed by atoms with E-state index in [0.29, 0.717) is 51.2 Å². The zero-order valence-corrected chi connectivity index (χ0v) is 31.3. The molecule has 15 atom stereocenters. The van der Waals surface area contributed by atoms with Crippen molar-refractivity contribution < 1.29 is 59.7 Å². The monoisotopic (exact) mass is 752 g/mol. The first kappa shape index (κ1) is 38.4. The molecule has 6 fully saturated rings. The van der Waals surface area contributed by atoms with E-state index in [4.69, 9.17) is 0 Å². The highest BCUT2D eigenvalue weighted by Crippen LogP contribution is 2.79. The summed E-state index contributed by atoms with van der Waals surface area (Å²) in [5.41, 5.74) is -8.47. The average Bonchev–Trinajstić information content (AvgIpc) is 3.62. The van der Waals surface area contributed by atoms with E-state index in [1.165, 1.54) is 0 Å². The first-order chi connectivity index (χ1) is 25.5. The number of aliphatic hydroxyl groups is 7. The van der Waals surface area contributed by atoms with Gasteiger partial charge < -0.3 is 40.5 Å². The van der Waals surface area contributed by atoms with E-state index >= 15 is 0 Å². The Bertz CT molecular complexity index is 1750. The number of carbonyl (C=O) groups excluding carboxylic acids is 5. The fourth-order valence-corrected chi connectivity index (χ4v) is 16.2. The number of aldehydes is 1. The normalized spacial score (nSPS) is 52.1. The van der Waals surface area contributed by atoms with Gasteiger partial charge in [-0.05, 0) is 129 Å². The maximum absolute atomic E-state index is 14.1. The van der Waals surface area contributed by atoms with Crippen LogP contribution in [0.25, 0.3) is 0 Å². The van der Waals surface area contributed by atoms with Crippen molar-refractivity contribution in [1.82, 2.24) is 0 Å². The van der Waals surface area contributed by atoms with E-state index in [1.54, 1.807) is 12.2 Å². The second kappa shape index (κ2) is 12.3. The molecular weight excluding hydrogens is 696 g/mol. The number of rotatable bonds is 7. The highest BCUT2D eigenvalue weighted by Gasteiger charge is 2.79. The molecule has 0 aliphatic heterocycles. The second-order valence-electron chi connectivity index (χ2n) is 19.1. The van der Waals surface area contributed by atoms with Gasteiger partial charge in [-0.2, -0.15) is 0 Å². The number of ketones is 4. The number of fused-ring (bicyclic) bond motifs is 10. The third kappa shape index (κ3) is 4.21. The largest absolute Gasteiger partial charge is 0.396 e. The summed E-state index contributed by atoms with van der Waals surface area (Å²) in [7, 11) is 0. The summed E-state index contributed by atoms with van der Waals surface area (Å²) in [5.74, 6) is -4.72. The molecule has 7 N–H and O–H groups in total. The number of carbonyl (C=O) groups is 5. The third-order valence-corrected chi connectivity index (χ3v) is 18.2. The standard InChI is InChI=1S/C42H56O12/c1-36-10-7-24(47)13-22(36)4-6-29-28-9-12-41(54,34(52)19-44)39(28,21-46)17-32(50)42(29,36)31-15-25(48)14-23-3-5-26-27-8-11-40(53,33(51)18-43)38(27,20-45)16-30(49)35(26)37(23,31)2/h13-14,20,26-32,35,43-44,46,49-50,53-54H,3-12,15-19,21H2,1-2H3/t26-,27-,28-,29-,30-,31?,32-,35+,36-,37+,38+,39+,40-,41-,42-/m0/s1. The van der Waals surface area contributed by atoms with Gasteiger partial charge in [-0.15, -0.1) is 0 Å². The minimum Gasteiger partial charge on any atom is -0.396 e. The summed E-state index contributed by atoms with van der Waals surface area (Å²) in [6, 6.07) is 0. The van der Waals surface area contributed by atoms with E-state index in [1.807, 2.05) is 0 Å². The third-order valence-electron chi connectivity index (χ3n) is 18.2. The maximum atomic E-state index is 14.1. The molecule has 0 spiro atoms. The van der Waals surface area contributed by atoms with Crippen LogP contribution in [0.15, 0.2) is 23.3 Å². The van der Waals surface area contributed by atoms with Crippen molar-refractivity contribution in [3.63, 3.8) is 0 Å². The molecule has 296 valence electrons. The molecule has 12 heteroatoms. The molecule has 0 bridgehead atoms. The van der Waals surface area contributed by atoms with Gasteiger partial charge in [0.15, 0.2) is 23.1 Å². The minimum absolute atomic E-state index is 0.00479. The molecular formula is C42H56O12. The lowest BCUT2D eigenvalue weighted by molar-refractivity contribution is -0.276. The van der Waals surface area contributed by atoms with Crippen molar-refractivity contribution in [1.29, 1.82) is 0 Å². The Kier molecular flexibility index (Phi) is 8.74. The molecule has 0 aromatic heterocycles. The molecule has 0 aromatic rings. The first-order valence-corrected chi connectivity index (χ1v) is 20.1. The van der Waals surface area contributed by atoms with Crippen LogP contribution in [-0.2, 0) is 24.0 Å². The molecule has 8 aliphatic rings. The van der Waals surface area contributed by atoms with Gasteiger partial charge in [-0.25, -0.2) is 0 Å². The van der Waals surface area contributed by atoms with E-state index in [-0.39, 0.29) is 56.0 Å². The fourth-order valence-electron chi connectivity index (χ4n) is 16.2. The molecule has 0 amide bonds. The lowest BCUT2D eigenvalue weighted by Gasteiger charge is -2.74. The van der Waals surface area contributed by atoms with Crippen LogP contribution >= 0.6 is 0 Å². The van der Waals surface area contributed by atoms with Crippen LogP contribution in [0.2, 0.25) is 0 Å². The number of hydrogen-bond donors (Lipinski definition) is 7. The van der Waals surface area contributed by atoms with Crippen LogP contribution in [-0.4, -0.2) is 108 Å². The van der Waals surface area contributed by atoms with Crippen LogP contribution in [0.3, 0.4) is 0 Å². The van der Waals surface area contributed by atoms with Crippen molar-refractivity contribution in [2.45, 2.75) is 121 Å². The quantitative estimate of drug-likeness (QED) is 0.183. The topological polar surface area (TPSA) is 227 Å². The summed E-state index contributed by atoms with van der Waals surface area (Å²) in [5, 5.41) is 80.8. The Morgan fingerprint density at radius 1 is 0.778 bits per heavy atom. The van der Waals surface area contributed by atoms with Gasteiger partial charge in [0.25, 0.3) is 0 Å². The zero-order chi connectivity index (χ0) is 39.0. The molecule has 12 nitrogen and oxygen atoms in total. The molecule has 0 heterocycles. The Labute approximate surface area is 315 Å². The smallest absolute Gasteiger partial charge is 0.190 e. The predicted octanol–water partition coefficient (Wildman–Crippen LogP) is 1.32. The number of hydrogen-bond acceptors (Lipinski definition) is 12. The van der Waals surface area contributed by atoms with Crippen molar-refractivity contribution >= 4 is 29.4 Å². The Morgan fingerprint density at radius 3 is 2.07 bits per heavy atom. The van der Waals surface area contributed by atoms with Crippen LogP contribution in [0.5, 0.6) is 0 Å². The maximum Gasteiger partial charge on any atom is 0.190 e. The van der Waals surface area contributed by atoms with Crippen molar-refractivity contribution in [2.24, 2.45) is 62.6 Å². The van der Waals surface area contributed by atoms with Gasteiger partial charge in [0.05, 0.1) is 24.2 Å². The Balaban J connectivity index is 1.34. The highest BCUT2D eigenvalue weighted by atomic mass is 16.3. The molecule has 8 rings (SSSR count). The van der Waals surface area contributed by atoms with E-state index in [9.17, 15) is 59.7 Å². The molecule has 8 aliphatic carbocycles. The van der Waals surface area contributed by atoms with Gasteiger partial charge in [-0.3, -0.25) is 19.2 Å². The molecule has 0 aromatic carbocycles. The molecule has 6 saturated carbocycles. The van der Waals surface area contributed by atoms with E-state index in [0.717, 1.165) is 11.1 Å². The van der Waals surface area contributed by atoms with E-state index in [2.05, 4.69) is 13.8 Å². The number of allylic oxidation sites excluding steroid dienone is 2. The SMILES string of the molecule is C[C@]12CCC(=O)C=C1CC[C@H]1[C@@H]3CC[C@](O)(C(=O)CO)[C@@]3(CO)C[C@H](O)[C@@]12C1CC(=O)C=C2CC[C@@H]3[C@H]([C@@H](O)C[C@@]4(C=O)[C@H]3CC[C@]4(O)C(=O)CO)[C@]21C. The lowest BCUT2D eigenvalue weighted by atomic mass is 9.30. The molecule has 54 heavy (non-hydrogen) atoms. The Hall–Kier alpha value is -2.45. The van der Waals surface area contributed by atoms with Crippen LogP contribution in [0.4, 0.5) is 0 Å². The minimum atomic E-state index is -2.13. The van der Waals surface area contributed by atoms with Crippen molar-refractivity contribution in [3.8, 4) is 0 Å². The van der Waals surface area contributed by atoms with Gasteiger partial charge in [0.2, 0.25) is 0 Å². The molecule has 0 saturated heterocycles. The van der Waals surface area contributed by atoms with Crippen molar-refractivity contribution in [2.75, 3.05) is 19.8 Å². The van der Waals surface area contributed by atoms with Gasteiger partial charge in [-0.1, -0.05) is 25.0 Å². The average molecular weight is 753 g/mol.